The van der Waals surface area contributed by atoms with Gasteiger partial charge in [0.15, 0.2) is 0 Å². The maximum Gasteiger partial charge on any atom is 0.149 e. The largest absolute Gasteiger partial charge is 0.372 e. The van der Waals surface area contributed by atoms with E-state index in [9.17, 15) is 0 Å². The molecule has 0 spiro atoms. The lowest BCUT2D eigenvalue weighted by Crippen LogP contribution is -1.95. The number of aryl methyl sites for hydroxylation is 1. The van der Waals surface area contributed by atoms with Crippen molar-refractivity contribution >= 4 is 5.82 Å². The maximum atomic E-state index is 4.23. The van der Waals surface area contributed by atoms with Crippen LogP contribution in [0.25, 0.3) is 0 Å². The fraction of sp³-hybridized carbons (Fsp3) is 0.167. The first kappa shape index (κ1) is 10.2. The number of aromatic nitrogens is 3. The van der Waals surface area contributed by atoms with E-state index in [-0.39, 0.29) is 0 Å². The van der Waals surface area contributed by atoms with Crippen LogP contribution >= 0.6 is 0 Å². The Balaban J connectivity index is 2.27. The molecule has 2 rings (SSSR count). The zero-order valence-electron chi connectivity index (χ0n) is 9.23. The number of hydrogen-bond donors (Lipinski definition) is 1. The Morgan fingerprint density at radius 2 is 2.25 bits per heavy atom. The predicted molar refractivity (Wildman–Crippen MR) is 63.0 cm³/mol. The van der Waals surface area contributed by atoms with Crippen molar-refractivity contribution in [3.63, 3.8) is 0 Å². The van der Waals surface area contributed by atoms with Gasteiger partial charge in [-0.2, -0.15) is 5.10 Å². The predicted octanol–water partition coefficient (Wildman–Crippen LogP) is 1.26. The smallest absolute Gasteiger partial charge is 0.149 e. The average molecular weight is 212 g/mol. The molecule has 4 nitrogen and oxygen atoms in total. The van der Waals surface area contributed by atoms with Gasteiger partial charge >= 0.3 is 0 Å². The van der Waals surface area contributed by atoms with Gasteiger partial charge in [0.25, 0.3) is 0 Å². The summed E-state index contributed by atoms with van der Waals surface area (Å²) in [5.74, 6) is 6.91. The monoisotopic (exact) mass is 212 g/mol. The zero-order chi connectivity index (χ0) is 11.4. The van der Waals surface area contributed by atoms with Crippen LogP contribution in [0.3, 0.4) is 0 Å². The first-order chi connectivity index (χ1) is 7.79. The first-order valence-corrected chi connectivity index (χ1v) is 4.93. The van der Waals surface area contributed by atoms with Crippen LogP contribution in [0.5, 0.6) is 0 Å². The van der Waals surface area contributed by atoms with Crippen molar-refractivity contribution in [1.82, 2.24) is 14.8 Å². The van der Waals surface area contributed by atoms with Gasteiger partial charge in [-0.25, -0.2) is 0 Å². The molecule has 0 aliphatic rings. The van der Waals surface area contributed by atoms with Gasteiger partial charge in [0.1, 0.15) is 11.5 Å². The number of nitrogens with one attached hydrogen (secondary N) is 1. The summed E-state index contributed by atoms with van der Waals surface area (Å²) in [5, 5.41) is 7.20. The molecule has 0 bridgehead atoms. The Kier molecular flexibility index (Phi) is 2.88. The molecule has 80 valence electrons. The van der Waals surface area contributed by atoms with Crippen LogP contribution in [-0.2, 0) is 7.05 Å². The van der Waals surface area contributed by atoms with E-state index in [1.807, 2.05) is 32.3 Å². The lowest BCUT2D eigenvalue weighted by Gasteiger charge is -1.90. The van der Waals surface area contributed by atoms with Crippen molar-refractivity contribution in [2.75, 3.05) is 12.4 Å². The Bertz CT molecular complexity index is 531. The van der Waals surface area contributed by atoms with Crippen LogP contribution in [0.4, 0.5) is 5.82 Å². The van der Waals surface area contributed by atoms with Gasteiger partial charge in [0.05, 0.1) is 0 Å². The van der Waals surface area contributed by atoms with E-state index in [1.54, 1.807) is 17.1 Å². The summed E-state index contributed by atoms with van der Waals surface area (Å²) in [6, 6.07) is 5.70. The lowest BCUT2D eigenvalue weighted by molar-refractivity contribution is 0.760. The highest BCUT2D eigenvalue weighted by Gasteiger charge is 1.99. The summed E-state index contributed by atoms with van der Waals surface area (Å²) in [4.78, 5) is 4.00. The van der Waals surface area contributed by atoms with Crippen molar-refractivity contribution in [3.8, 4) is 11.8 Å². The van der Waals surface area contributed by atoms with Gasteiger partial charge in [0, 0.05) is 38.1 Å². The van der Waals surface area contributed by atoms with E-state index >= 15 is 0 Å². The van der Waals surface area contributed by atoms with Gasteiger partial charge in [0.2, 0.25) is 0 Å². The van der Waals surface area contributed by atoms with Gasteiger partial charge in [-0.3, -0.25) is 9.67 Å². The van der Waals surface area contributed by atoms with E-state index in [0.29, 0.717) is 0 Å². The molecule has 0 radical (unpaired) electrons. The second-order valence-corrected chi connectivity index (χ2v) is 3.28. The standard InChI is InChI=1S/C12H12N4/c1-13-12-8-11(16(2)15-12)6-5-10-4-3-7-14-9-10/h3-4,7-9H,1-2H3,(H,13,15). The number of hydrogen-bond acceptors (Lipinski definition) is 3. The summed E-state index contributed by atoms with van der Waals surface area (Å²) < 4.78 is 1.75. The molecule has 4 heteroatoms. The molecular formula is C12H12N4. The molecule has 0 fully saturated rings. The van der Waals surface area contributed by atoms with Gasteiger partial charge < -0.3 is 5.32 Å². The van der Waals surface area contributed by atoms with Crippen LogP contribution in [0.2, 0.25) is 0 Å². The zero-order valence-corrected chi connectivity index (χ0v) is 9.23. The van der Waals surface area contributed by atoms with Crippen LogP contribution < -0.4 is 5.32 Å². The van der Waals surface area contributed by atoms with Crippen molar-refractivity contribution in [2.45, 2.75) is 0 Å². The molecule has 0 saturated carbocycles. The minimum atomic E-state index is 0.818. The molecular weight excluding hydrogens is 200 g/mol. The maximum absolute atomic E-state index is 4.23. The van der Waals surface area contributed by atoms with Crippen molar-refractivity contribution in [3.05, 3.63) is 41.9 Å². The first-order valence-electron chi connectivity index (χ1n) is 4.93. The summed E-state index contributed by atoms with van der Waals surface area (Å²) in [7, 11) is 3.70. The summed E-state index contributed by atoms with van der Waals surface area (Å²) >= 11 is 0. The quantitative estimate of drug-likeness (QED) is 0.723. The molecule has 0 atom stereocenters. The molecule has 2 heterocycles. The molecule has 1 N–H and O–H groups in total. The fourth-order valence-electron chi connectivity index (χ4n) is 1.28. The van der Waals surface area contributed by atoms with Crippen LogP contribution in [-0.4, -0.2) is 21.8 Å². The third kappa shape index (κ3) is 2.20. The summed E-state index contributed by atoms with van der Waals surface area (Å²) in [6.45, 7) is 0. The van der Waals surface area contributed by atoms with Gasteiger partial charge in [-0.05, 0) is 18.1 Å². The lowest BCUT2D eigenvalue weighted by atomic mass is 10.3. The topological polar surface area (TPSA) is 42.7 Å². The average Bonchev–Trinajstić information content (AvgIpc) is 2.69. The fourth-order valence-corrected chi connectivity index (χ4v) is 1.28. The second kappa shape index (κ2) is 4.49. The molecule has 0 aliphatic heterocycles. The highest BCUT2D eigenvalue weighted by molar-refractivity contribution is 5.45. The molecule has 0 aliphatic carbocycles. The summed E-state index contributed by atoms with van der Waals surface area (Å²) in [6.07, 6.45) is 3.47. The van der Waals surface area contributed by atoms with Crippen LogP contribution in [0, 0.1) is 11.8 Å². The number of pyridine rings is 1. The van der Waals surface area contributed by atoms with Crippen molar-refractivity contribution in [1.29, 1.82) is 0 Å². The molecule has 0 saturated heterocycles. The molecule has 0 aromatic carbocycles. The number of rotatable bonds is 1. The third-order valence-corrected chi connectivity index (χ3v) is 2.13. The van der Waals surface area contributed by atoms with Crippen LogP contribution in [0.1, 0.15) is 11.3 Å². The number of anilines is 1. The summed E-state index contributed by atoms with van der Waals surface area (Å²) in [5.41, 5.74) is 1.77. The molecule has 16 heavy (non-hydrogen) atoms. The van der Waals surface area contributed by atoms with E-state index in [2.05, 4.69) is 27.2 Å². The third-order valence-electron chi connectivity index (χ3n) is 2.13. The minimum Gasteiger partial charge on any atom is -0.372 e. The highest BCUT2D eigenvalue weighted by Crippen LogP contribution is 2.05. The highest BCUT2D eigenvalue weighted by atomic mass is 15.3. The van der Waals surface area contributed by atoms with Crippen molar-refractivity contribution < 1.29 is 0 Å². The molecule has 2 aromatic heterocycles. The SMILES string of the molecule is CNc1cc(C#Cc2cccnc2)n(C)n1. The van der Waals surface area contributed by atoms with Gasteiger partial charge in [-0.1, -0.05) is 5.92 Å². The number of nitrogens with zero attached hydrogens (tertiary/aromatic N) is 3. The Hall–Kier alpha value is -2.28. The minimum absolute atomic E-state index is 0.818. The normalized spacial score (nSPS) is 9.38. The Labute approximate surface area is 94.3 Å². The molecule has 2 aromatic rings. The van der Waals surface area contributed by atoms with E-state index in [0.717, 1.165) is 17.1 Å². The van der Waals surface area contributed by atoms with E-state index in [4.69, 9.17) is 0 Å². The molecule has 0 amide bonds. The Morgan fingerprint density at radius 1 is 1.38 bits per heavy atom. The van der Waals surface area contributed by atoms with Gasteiger partial charge in [-0.15, -0.1) is 0 Å². The molecule has 0 unspecified atom stereocenters. The second-order valence-electron chi connectivity index (χ2n) is 3.28. The van der Waals surface area contributed by atoms with Crippen molar-refractivity contribution in [2.24, 2.45) is 7.05 Å². The van der Waals surface area contributed by atoms with E-state index in [1.165, 1.54) is 0 Å². The van der Waals surface area contributed by atoms with Crippen LogP contribution in [0.15, 0.2) is 30.6 Å². The Morgan fingerprint density at radius 3 is 2.88 bits per heavy atom. The van der Waals surface area contributed by atoms with E-state index < -0.39 is 0 Å².